The molecule has 6 nitrogen and oxygen atoms in total. The smallest absolute Gasteiger partial charge is 0.341 e. The van der Waals surface area contributed by atoms with Crippen molar-refractivity contribution in [1.29, 1.82) is 0 Å². The maximum Gasteiger partial charge on any atom is 0.341 e. The minimum absolute atomic E-state index is 0.0570. The topological polar surface area (TPSA) is 91.3 Å². The minimum atomic E-state index is -1.20. The van der Waals surface area contributed by atoms with E-state index in [-0.39, 0.29) is 17.1 Å². The Morgan fingerprint density at radius 3 is 2.58 bits per heavy atom. The first-order valence-corrected chi connectivity index (χ1v) is 10.9. The molecule has 0 aliphatic rings. The summed E-state index contributed by atoms with van der Waals surface area (Å²) in [4.78, 5) is 23.9. The Kier molecular flexibility index (Phi) is 7.24. The van der Waals surface area contributed by atoms with Gasteiger partial charge >= 0.3 is 12.0 Å². The predicted octanol–water partition coefficient (Wildman–Crippen LogP) is 5.35. The fourth-order valence-corrected chi connectivity index (χ4v) is 4.80. The number of urea groups is 1. The second-order valence-electron chi connectivity index (χ2n) is 6.77. The second kappa shape index (κ2) is 9.88. The number of aryl methyl sites for hydroxylation is 2. The lowest BCUT2D eigenvalue weighted by atomic mass is 10.1. The molecule has 0 bridgehead atoms. The van der Waals surface area contributed by atoms with Crippen LogP contribution in [0.25, 0.3) is 0 Å². The van der Waals surface area contributed by atoms with Gasteiger partial charge in [-0.2, -0.15) is 4.37 Å². The second-order valence-corrected chi connectivity index (χ2v) is 8.51. The van der Waals surface area contributed by atoms with Crippen molar-refractivity contribution in [2.75, 3.05) is 5.32 Å². The molecule has 3 aromatic rings. The van der Waals surface area contributed by atoms with Gasteiger partial charge in [0.2, 0.25) is 0 Å². The van der Waals surface area contributed by atoms with Crippen molar-refractivity contribution in [1.82, 2.24) is 9.69 Å². The van der Waals surface area contributed by atoms with Crippen LogP contribution < -0.4 is 10.6 Å². The van der Waals surface area contributed by atoms with Gasteiger partial charge in [0.25, 0.3) is 0 Å². The molecule has 10 heteroatoms. The van der Waals surface area contributed by atoms with Crippen molar-refractivity contribution >= 4 is 40.3 Å². The third-order valence-electron chi connectivity index (χ3n) is 4.40. The van der Waals surface area contributed by atoms with E-state index in [1.54, 1.807) is 0 Å². The number of halogens is 2. The van der Waals surface area contributed by atoms with Crippen molar-refractivity contribution in [3.05, 3.63) is 75.8 Å². The van der Waals surface area contributed by atoms with Gasteiger partial charge in [0.1, 0.15) is 15.6 Å². The van der Waals surface area contributed by atoms with Crippen LogP contribution in [0.1, 0.15) is 32.6 Å². The number of carbonyl (C=O) groups excluding carboxylic acids is 1. The molecule has 0 aliphatic carbocycles. The molecule has 0 atom stereocenters. The number of carboxylic acids is 1. The highest BCUT2D eigenvalue weighted by molar-refractivity contribution is 7.98. The zero-order valence-corrected chi connectivity index (χ0v) is 18.3. The number of aromatic carboxylic acids is 1. The van der Waals surface area contributed by atoms with Crippen LogP contribution in [0.4, 0.5) is 18.6 Å². The van der Waals surface area contributed by atoms with Gasteiger partial charge in [-0.25, -0.2) is 18.4 Å². The van der Waals surface area contributed by atoms with E-state index >= 15 is 0 Å². The van der Waals surface area contributed by atoms with E-state index in [4.69, 9.17) is 0 Å². The summed E-state index contributed by atoms with van der Waals surface area (Å²) in [6.07, 6.45) is 0. The third-order valence-corrected chi connectivity index (χ3v) is 6.30. The van der Waals surface area contributed by atoms with Crippen LogP contribution in [-0.2, 0) is 12.3 Å². The lowest BCUT2D eigenvalue weighted by Gasteiger charge is -2.08. The van der Waals surface area contributed by atoms with Gasteiger partial charge in [0, 0.05) is 12.3 Å². The Bertz CT molecular complexity index is 1140. The van der Waals surface area contributed by atoms with Crippen LogP contribution in [0, 0.1) is 25.5 Å². The molecule has 31 heavy (non-hydrogen) atoms. The van der Waals surface area contributed by atoms with E-state index < -0.39 is 23.6 Å². The summed E-state index contributed by atoms with van der Waals surface area (Å²) in [5.41, 5.74) is 3.60. The number of anilines is 1. The first-order valence-electron chi connectivity index (χ1n) is 9.15. The number of thioether (sulfide) groups is 1. The Morgan fingerprint density at radius 1 is 1.13 bits per heavy atom. The third kappa shape index (κ3) is 5.80. The number of nitrogens with one attached hydrogen (secondary N) is 2. The highest BCUT2D eigenvalue weighted by Gasteiger charge is 2.22. The fourth-order valence-electron chi connectivity index (χ4n) is 2.78. The lowest BCUT2D eigenvalue weighted by molar-refractivity contribution is 0.0694. The molecular weight excluding hydrogens is 444 g/mol. The number of hydrogen-bond donors (Lipinski definition) is 3. The largest absolute Gasteiger partial charge is 0.477 e. The lowest BCUT2D eigenvalue weighted by Crippen LogP contribution is -2.28. The summed E-state index contributed by atoms with van der Waals surface area (Å²) in [7, 11) is 0. The zero-order valence-electron chi connectivity index (χ0n) is 16.7. The molecule has 2 aromatic carbocycles. The Hall–Kier alpha value is -2.98. The number of rotatable bonds is 7. The molecule has 0 spiro atoms. The minimum Gasteiger partial charge on any atom is -0.477 e. The molecule has 3 N–H and O–H groups in total. The van der Waals surface area contributed by atoms with Gasteiger partial charge in [-0.15, -0.1) is 0 Å². The zero-order chi connectivity index (χ0) is 22.5. The van der Waals surface area contributed by atoms with Crippen LogP contribution in [-0.4, -0.2) is 21.5 Å². The standard InChI is InChI=1S/C21H19F2N3O3S2/c1-11-3-5-14(12(2)7-11)10-30-19-17(20(27)28)18(31-26-19)25-21(29)24-9-13-4-6-15(22)16(23)8-13/h3-8H,9-10H2,1-2H3,(H,27,28)(H2,24,25,29). The molecule has 1 heterocycles. The Morgan fingerprint density at radius 2 is 1.90 bits per heavy atom. The predicted molar refractivity (Wildman–Crippen MR) is 117 cm³/mol. The number of carbonyl (C=O) groups is 2. The normalized spacial score (nSPS) is 10.7. The number of amides is 2. The number of aromatic nitrogens is 1. The Balaban J connectivity index is 1.65. The first kappa shape index (κ1) is 22.7. The molecule has 0 fully saturated rings. The molecule has 2 amide bonds. The summed E-state index contributed by atoms with van der Waals surface area (Å²) in [6.45, 7) is 3.94. The number of hydrogen-bond acceptors (Lipinski definition) is 5. The van der Waals surface area contributed by atoms with Crippen molar-refractivity contribution in [2.24, 2.45) is 0 Å². The van der Waals surface area contributed by atoms with E-state index in [1.165, 1.54) is 17.8 Å². The number of nitrogens with zero attached hydrogens (tertiary/aromatic N) is 1. The van der Waals surface area contributed by atoms with E-state index in [1.807, 2.05) is 26.0 Å². The van der Waals surface area contributed by atoms with Gasteiger partial charge < -0.3 is 10.4 Å². The molecule has 0 radical (unpaired) electrons. The van der Waals surface area contributed by atoms with Crippen molar-refractivity contribution in [3.63, 3.8) is 0 Å². The van der Waals surface area contributed by atoms with Crippen molar-refractivity contribution in [2.45, 2.75) is 31.2 Å². The van der Waals surface area contributed by atoms with Crippen molar-refractivity contribution in [3.8, 4) is 0 Å². The van der Waals surface area contributed by atoms with Crippen LogP contribution in [0.15, 0.2) is 41.4 Å². The molecular formula is C21H19F2N3O3S2. The maximum absolute atomic E-state index is 13.3. The SMILES string of the molecule is Cc1ccc(CSc2nsc(NC(=O)NCc3ccc(F)c(F)c3)c2C(=O)O)c(C)c1. The van der Waals surface area contributed by atoms with Crippen LogP contribution >= 0.6 is 23.3 Å². The van der Waals surface area contributed by atoms with Crippen LogP contribution in [0.3, 0.4) is 0 Å². The highest BCUT2D eigenvalue weighted by Crippen LogP contribution is 2.34. The molecule has 0 saturated heterocycles. The summed E-state index contributed by atoms with van der Waals surface area (Å²) in [6, 6.07) is 8.65. The quantitative estimate of drug-likeness (QED) is 0.411. The number of carboxylic acid groups (broad SMARTS) is 1. The molecule has 0 unspecified atom stereocenters. The van der Waals surface area contributed by atoms with E-state index in [0.717, 1.165) is 40.4 Å². The van der Waals surface area contributed by atoms with E-state index in [0.29, 0.717) is 16.3 Å². The van der Waals surface area contributed by atoms with Gasteiger partial charge in [-0.3, -0.25) is 5.32 Å². The molecule has 0 aliphatic heterocycles. The summed E-state index contributed by atoms with van der Waals surface area (Å²) >= 11 is 2.15. The first-order chi connectivity index (χ1) is 14.7. The van der Waals surface area contributed by atoms with Crippen LogP contribution in [0.5, 0.6) is 0 Å². The average molecular weight is 464 g/mol. The molecule has 3 rings (SSSR count). The highest BCUT2D eigenvalue weighted by atomic mass is 32.2. The molecule has 1 aromatic heterocycles. The molecule has 0 saturated carbocycles. The average Bonchev–Trinajstić information content (AvgIpc) is 3.11. The van der Waals surface area contributed by atoms with E-state index in [2.05, 4.69) is 21.1 Å². The summed E-state index contributed by atoms with van der Waals surface area (Å²) < 4.78 is 30.4. The van der Waals surface area contributed by atoms with Gasteiger partial charge in [-0.1, -0.05) is 41.6 Å². The van der Waals surface area contributed by atoms with E-state index in [9.17, 15) is 23.5 Å². The summed E-state index contributed by atoms with van der Waals surface area (Å²) in [5, 5.41) is 15.0. The van der Waals surface area contributed by atoms with Crippen molar-refractivity contribution < 1.29 is 23.5 Å². The number of benzene rings is 2. The maximum atomic E-state index is 13.3. The van der Waals surface area contributed by atoms with Gasteiger partial charge in [0.15, 0.2) is 11.6 Å². The summed E-state index contributed by atoms with van der Waals surface area (Å²) in [5.74, 6) is -2.65. The monoisotopic (exact) mass is 463 g/mol. The Labute approximate surface area is 185 Å². The van der Waals surface area contributed by atoms with Crippen LogP contribution in [0.2, 0.25) is 0 Å². The fraction of sp³-hybridized carbons (Fsp3) is 0.190. The van der Waals surface area contributed by atoms with Gasteiger partial charge in [-0.05, 0) is 54.2 Å². The van der Waals surface area contributed by atoms with Gasteiger partial charge in [0.05, 0.1) is 0 Å². The molecule has 162 valence electrons.